The van der Waals surface area contributed by atoms with Crippen LogP contribution < -0.4 is 10.5 Å². The van der Waals surface area contributed by atoms with Crippen molar-refractivity contribution in [2.24, 2.45) is 0 Å². The van der Waals surface area contributed by atoms with Crippen molar-refractivity contribution in [1.29, 1.82) is 0 Å². The molecule has 1 aromatic carbocycles. The summed E-state index contributed by atoms with van der Waals surface area (Å²) in [5.41, 5.74) is 5.28. The Kier molecular flexibility index (Phi) is 4.38. The number of ether oxygens (including phenoxy) is 2. The maximum Gasteiger partial charge on any atom is 0.522 e. The van der Waals surface area contributed by atoms with Crippen molar-refractivity contribution in [2.75, 3.05) is 18.9 Å². The van der Waals surface area contributed by atoms with Gasteiger partial charge in [-0.3, -0.25) is 4.74 Å². The molecule has 0 heterocycles. The van der Waals surface area contributed by atoms with Crippen LogP contribution in [0.3, 0.4) is 0 Å². The first kappa shape index (κ1) is 14.1. The summed E-state index contributed by atoms with van der Waals surface area (Å²) in [5.74, 6) is -1.45. The molecular formula is C10H10F3NO4. The van der Waals surface area contributed by atoms with Gasteiger partial charge in [0.25, 0.3) is 0 Å². The van der Waals surface area contributed by atoms with Crippen molar-refractivity contribution in [3.05, 3.63) is 23.8 Å². The molecule has 0 saturated carbocycles. The Morgan fingerprint density at radius 3 is 2.56 bits per heavy atom. The van der Waals surface area contributed by atoms with Crippen LogP contribution in [-0.4, -0.2) is 30.7 Å². The summed E-state index contributed by atoms with van der Waals surface area (Å²) in [6.07, 6.45) is -4.75. The summed E-state index contributed by atoms with van der Waals surface area (Å²) in [7, 11) is 0. The summed E-state index contributed by atoms with van der Waals surface area (Å²) >= 11 is 0. The number of hydrogen-bond donors (Lipinski definition) is 2. The predicted molar refractivity (Wildman–Crippen MR) is 55.3 cm³/mol. The third-order valence-electron chi connectivity index (χ3n) is 1.87. The highest BCUT2D eigenvalue weighted by Gasteiger charge is 2.28. The molecular weight excluding hydrogens is 255 g/mol. The highest BCUT2D eigenvalue weighted by Crippen LogP contribution is 2.26. The van der Waals surface area contributed by atoms with Crippen LogP contribution in [0, 0.1) is 0 Å². The molecule has 5 nitrogen and oxygen atoms in total. The third-order valence-corrected chi connectivity index (χ3v) is 1.87. The molecule has 0 saturated heterocycles. The second-order valence-corrected chi connectivity index (χ2v) is 3.17. The van der Waals surface area contributed by atoms with Gasteiger partial charge in [0.1, 0.15) is 12.2 Å². The Morgan fingerprint density at radius 2 is 2.00 bits per heavy atom. The maximum absolute atomic E-state index is 11.7. The van der Waals surface area contributed by atoms with E-state index in [0.717, 1.165) is 0 Å². The summed E-state index contributed by atoms with van der Waals surface area (Å²) in [5, 5.41) is 8.83. The van der Waals surface area contributed by atoms with Gasteiger partial charge in [0, 0.05) is 0 Å². The van der Waals surface area contributed by atoms with Crippen molar-refractivity contribution >= 4 is 11.7 Å². The summed E-state index contributed by atoms with van der Waals surface area (Å²) in [6, 6.07) is 4.02. The Morgan fingerprint density at radius 1 is 1.33 bits per heavy atom. The van der Waals surface area contributed by atoms with Gasteiger partial charge >= 0.3 is 12.3 Å². The van der Waals surface area contributed by atoms with Crippen LogP contribution in [0.1, 0.15) is 10.4 Å². The largest absolute Gasteiger partial charge is 0.522 e. The van der Waals surface area contributed by atoms with E-state index >= 15 is 0 Å². The fourth-order valence-electron chi connectivity index (χ4n) is 1.19. The lowest BCUT2D eigenvalue weighted by Crippen LogP contribution is -2.19. The summed E-state index contributed by atoms with van der Waals surface area (Å²) in [6.45, 7) is -1.22. The number of halogens is 3. The lowest BCUT2D eigenvalue weighted by Gasteiger charge is -2.12. The van der Waals surface area contributed by atoms with Crippen molar-refractivity contribution in [3.63, 3.8) is 0 Å². The Bertz CT molecular complexity index is 434. The van der Waals surface area contributed by atoms with Crippen LogP contribution in [0.25, 0.3) is 0 Å². The molecule has 0 aliphatic carbocycles. The molecule has 0 aliphatic heterocycles. The minimum absolute atomic E-state index is 0.0295. The zero-order valence-electron chi connectivity index (χ0n) is 9.03. The molecule has 1 rings (SSSR count). The molecule has 0 fully saturated rings. The highest BCUT2D eigenvalue weighted by molar-refractivity contribution is 5.93. The van der Waals surface area contributed by atoms with Crippen LogP contribution >= 0.6 is 0 Å². The van der Waals surface area contributed by atoms with Crippen LogP contribution in [-0.2, 0) is 4.74 Å². The maximum atomic E-state index is 11.7. The second kappa shape index (κ2) is 5.58. The van der Waals surface area contributed by atoms with E-state index in [-0.39, 0.29) is 17.0 Å². The average molecular weight is 265 g/mol. The molecule has 0 aromatic heterocycles. The number of nitrogens with two attached hydrogens (primary N) is 1. The van der Waals surface area contributed by atoms with Gasteiger partial charge < -0.3 is 15.6 Å². The van der Waals surface area contributed by atoms with Gasteiger partial charge in [0.2, 0.25) is 0 Å². The number of anilines is 1. The first-order valence-electron chi connectivity index (χ1n) is 4.76. The first-order valence-corrected chi connectivity index (χ1v) is 4.76. The molecule has 8 heteroatoms. The van der Waals surface area contributed by atoms with Gasteiger partial charge in [-0.2, -0.15) is 0 Å². The van der Waals surface area contributed by atoms with E-state index in [1.165, 1.54) is 18.2 Å². The Labute approximate surface area is 99.9 Å². The number of alkyl halides is 3. The van der Waals surface area contributed by atoms with Crippen LogP contribution in [0.4, 0.5) is 18.9 Å². The van der Waals surface area contributed by atoms with Gasteiger partial charge in [-0.25, -0.2) is 4.79 Å². The van der Waals surface area contributed by atoms with Crippen LogP contribution in [0.5, 0.6) is 5.75 Å². The average Bonchev–Trinajstić information content (AvgIpc) is 2.24. The SMILES string of the molecule is Nc1cccc(C(=O)O)c1OCCOC(F)(F)F. The van der Waals surface area contributed by atoms with Gasteiger partial charge in [0.15, 0.2) is 5.75 Å². The quantitative estimate of drug-likeness (QED) is 0.627. The van der Waals surface area contributed by atoms with Crippen LogP contribution in [0.15, 0.2) is 18.2 Å². The number of carbonyl (C=O) groups is 1. The number of hydrogen-bond acceptors (Lipinski definition) is 4. The molecule has 18 heavy (non-hydrogen) atoms. The number of rotatable bonds is 5. The van der Waals surface area contributed by atoms with E-state index in [0.29, 0.717) is 0 Å². The van der Waals surface area contributed by atoms with Crippen molar-refractivity contribution in [3.8, 4) is 5.75 Å². The lowest BCUT2D eigenvalue weighted by atomic mass is 10.2. The van der Waals surface area contributed by atoms with Crippen molar-refractivity contribution in [1.82, 2.24) is 0 Å². The minimum atomic E-state index is -4.75. The van der Waals surface area contributed by atoms with E-state index in [9.17, 15) is 18.0 Å². The molecule has 0 unspecified atom stereocenters. The molecule has 100 valence electrons. The number of carboxylic acid groups (broad SMARTS) is 1. The fraction of sp³-hybridized carbons (Fsp3) is 0.300. The molecule has 0 aliphatic rings. The molecule has 0 amide bonds. The minimum Gasteiger partial charge on any atom is -0.488 e. The molecule has 3 N–H and O–H groups in total. The zero-order valence-corrected chi connectivity index (χ0v) is 9.03. The Balaban J connectivity index is 2.64. The number of nitrogen functional groups attached to an aromatic ring is 1. The van der Waals surface area contributed by atoms with Gasteiger partial charge in [-0.15, -0.1) is 13.2 Å². The normalized spacial score (nSPS) is 11.3. The predicted octanol–water partition coefficient (Wildman–Crippen LogP) is 1.88. The van der Waals surface area contributed by atoms with E-state index in [4.69, 9.17) is 15.6 Å². The topological polar surface area (TPSA) is 81.8 Å². The van der Waals surface area contributed by atoms with Crippen molar-refractivity contribution in [2.45, 2.75) is 6.36 Å². The van der Waals surface area contributed by atoms with E-state index in [1.54, 1.807) is 0 Å². The molecule has 0 atom stereocenters. The molecule has 0 bridgehead atoms. The zero-order chi connectivity index (χ0) is 13.8. The number of carboxylic acids is 1. The van der Waals surface area contributed by atoms with Gasteiger partial charge in [-0.05, 0) is 12.1 Å². The third kappa shape index (κ3) is 4.13. The summed E-state index contributed by atoms with van der Waals surface area (Å²) < 4.78 is 43.4. The first-order chi connectivity index (χ1) is 8.31. The fourth-order valence-corrected chi connectivity index (χ4v) is 1.19. The summed E-state index contributed by atoms with van der Waals surface area (Å²) in [4.78, 5) is 10.8. The van der Waals surface area contributed by atoms with Crippen molar-refractivity contribution < 1.29 is 32.5 Å². The molecule has 0 spiro atoms. The van der Waals surface area contributed by atoms with Crippen LogP contribution in [0.2, 0.25) is 0 Å². The monoisotopic (exact) mass is 265 g/mol. The second-order valence-electron chi connectivity index (χ2n) is 3.17. The number of benzene rings is 1. The number of aromatic carboxylic acids is 1. The smallest absolute Gasteiger partial charge is 0.488 e. The van der Waals surface area contributed by atoms with E-state index in [1.807, 2.05) is 0 Å². The molecule has 0 radical (unpaired) electrons. The number of para-hydroxylation sites is 1. The standard InChI is InChI=1S/C10H10F3NO4/c11-10(12,13)18-5-4-17-8-6(9(15)16)2-1-3-7(8)14/h1-3H,4-5,14H2,(H,15,16). The lowest BCUT2D eigenvalue weighted by molar-refractivity contribution is -0.325. The van der Waals surface area contributed by atoms with E-state index in [2.05, 4.69) is 4.74 Å². The van der Waals surface area contributed by atoms with Gasteiger partial charge in [0.05, 0.1) is 12.3 Å². The van der Waals surface area contributed by atoms with Gasteiger partial charge in [-0.1, -0.05) is 6.07 Å². The Hall–Kier alpha value is -1.96. The molecule has 1 aromatic rings. The highest BCUT2D eigenvalue weighted by atomic mass is 19.4. The van der Waals surface area contributed by atoms with E-state index < -0.39 is 25.5 Å².